The lowest BCUT2D eigenvalue weighted by Gasteiger charge is -2.31. The van der Waals surface area contributed by atoms with Gasteiger partial charge in [-0.05, 0) is 18.6 Å². The Morgan fingerprint density at radius 1 is 1.45 bits per heavy atom. The van der Waals surface area contributed by atoms with Gasteiger partial charge in [-0.2, -0.15) is 0 Å². The predicted octanol–water partition coefficient (Wildman–Crippen LogP) is 1.88. The highest BCUT2D eigenvalue weighted by Crippen LogP contribution is 2.41. The summed E-state index contributed by atoms with van der Waals surface area (Å²) in [4.78, 5) is 14.7. The number of amides is 1. The molecule has 0 bridgehead atoms. The minimum absolute atomic E-state index is 0.0249. The van der Waals surface area contributed by atoms with Crippen molar-refractivity contribution in [2.75, 3.05) is 37.1 Å². The van der Waals surface area contributed by atoms with E-state index >= 15 is 0 Å². The number of fused-ring (bicyclic) bond motifs is 2. The van der Waals surface area contributed by atoms with Gasteiger partial charge in [0.25, 0.3) is 0 Å². The van der Waals surface area contributed by atoms with Crippen molar-refractivity contribution in [3.63, 3.8) is 0 Å². The van der Waals surface area contributed by atoms with Crippen LogP contribution in [0, 0.1) is 5.92 Å². The van der Waals surface area contributed by atoms with Crippen molar-refractivity contribution in [1.29, 1.82) is 0 Å². The summed E-state index contributed by atoms with van der Waals surface area (Å²) in [5.74, 6) is 0.619. The van der Waals surface area contributed by atoms with Gasteiger partial charge in [-0.3, -0.25) is 4.79 Å². The molecule has 20 heavy (non-hydrogen) atoms. The van der Waals surface area contributed by atoms with Crippen LogP contribution in [0.1, 0.15) is 13.3 Å². The van der Waals surface area contributed by atoms with Gasteiger partial charge < -0.3 is 19.7 Å². The van der Waals surface area contributed by atoms with Crippen molar-refractivity contribution in [2.24, 2.45) is 5.92 Å². The van der Waals surface area contributed by atoms with Crippen LogP contribution < -0.4 is 15.0 Å². The number of ether oxygens (including phenoxy) is 2. The fourth-order valence-corrected chi connectivity index (χ4v) is 3.08. The minimum atomic E-state index is -0.112. The predicted molar refractivity (Wildman–Crippen MR) is 77.4 cm³/mol. The maximum atomic E-state index is 12.4. The van der Waals surface area contributed by atoms with E-state index in [1.807, 2.05) is 18.2 Å². The molecule has 2 aliphatic rings. The van der Waals surface area contributed by atoms with Crippen molar-refractivity contribution in [2.45, 2.75) is 19.4 Å². The fourth-order valence-electron chi connectivity index (χ4n) is 3.08. The van der Waals surface area contributed by atoms with Gasteiger partial charge in [0.2, 0.25) is 5.91 Å². The summed E-state index contributed by atoms with van der Waals surface area (Å²) >= 11 is 0. The molecule has 1 aromatic carbocycles. The Morgan fingerprint density at radius 2 is 2.30 bits per heavy atom. The first kappa shape index (κ1) is 13.2. The average molecular weight is 276 g/mol. The molecule has 2 unspecified atom stereocenters. The zero-order valence-electron chi connectivity index (χ0n) is 11.9. The molecule has 5 heteroatoms. The van der Waals surface area contributed by atoms with Gasteiger partial charge in [-0.1, -0.05) is 13.0 Å². The van der Waals surface area contributed by atoms with E-state index in [0.717, 1.165) is 24.3 Å². The van der Waals surface area contributed by atoms with Crippen molar-refractivity contribution in [3.8, 4) is 5.75 Å². The molecule has 0 spiro atoms. The maximum absolute atomic E-state index is 12.4. The molecule has 2 heterocycles. The lowest BCUT2D eigenvalue weighted by Crippen LogP contribution is -2.42. The van der Waals surface area contributed by atoms with Gasteiger partial charge in [0.1, 0.15) is 11.4 Å². The molecule has 1 aromatic rings. The molecule has 108 valence electrons. The van der Waals surface area contributed by atoms with Crippen molar-refractivity contribution in [3.05, 3.63) is 18.2 Å². The van der Waals surface area contributed by atoms with Crippen LogP contribution in [-0.2, 0) is 9.53 Å². The van der Waals surface area contributed by atoms with E-state index in [-0.39, 0.29) is 17.9 Å². The maximum Gasteiger partial charge on any atom is 0.232 e. The summed E-state index contributed by atoms with van der Waals surface area (Å²) in [5, 5.41) is 3.02. The summed E-state index contributed by atoms with van der Waals surface area (Å²) < 4.78 is 10.9. The number of benzene rings is 1. The standard InChI is InChI=1S/C15H20N2O3/c1-3-7-17-11-5-4-6-13(19-2)14(11)16-15(18)10-8-20-9-12(10)17/h4-6,10,12H,3,7-9H2,1-2H3,(H,16,18). The van der Waals surface area contributed by atoms with Gasteiger partial charge in [0, 0.05) is 6.54 Å². The number of nitrogens with zero attached hydrogens (tertiary/aromatic N) is 1. The molecule has 2 aliphatic heterocycles. The minimum Gasteiger partial charge on any atom is -0.494 e. The number of para-hydroxylation sites is 1. The third-order valence-corrected chi connectivity index (χ3v) is 4.03. The Kier molecular flexibility index (Phi) is 3.53. The van der Waals surface area contributed by atoms with Crippen molar-refractivity contribution < 1.29 is 14.3 Å². The van der Waals surface area contributed by atoms with E-state index in [0.29, 0.717) is 19.0 Å². The van der Waals surface area contributed by atoms with Gasteiger partial charge in [-0.15, -0.1) is 0 Å². The molecule has 1 fully saturated rings. The summed E-state index contributed by atoms with van der Waals surface area (Å²) in [6.07, 6.45) is 1.02. The van der Waals surface area contributed by atoms with Crippen molar-refractivity contribution >= 4 is 17.3 Å². The number of carbonyl (C=O) groups is 1. The second kappa shape index (κ2) is 5.32. The molecule has 1 N–H and O–H groups in total. The summed E-state index contributed by atoms with van der Waals surface area (Å²) in [7, 11) is 1.63. The summed E-state index contributed by atoms with van der Waals surface area (Å²) in [6, 6.07) is 5.99. The van der Waals surface area contributed by atoms with Crippen molar-refractivity contribution in [1.82, 2.24) is 0 Å². The quantitative estimate of drug-likeness (QED) is 0.916. The second-order valence-corrected chi connectivity index (χ2v) is 5.25. The van der Waals surface area contributed by atoms with Crippen LogP contribution in [-0.4, -0.2) is 38.8 Å². The highest BCUT2D eigenvalue weighted by Gasteiger charge is 2.41. The number of methoxy groups -OCH3 is 1. The van der Waals surface area contributed by atoms with E-state index in [1.54, 1.807) is 7.11 Å². The van der Waals surface area contributed by atoms with Crippen LogP contribution in [0.4, 0.5) is 11.4 Å². The van der Waals surface area contributed by atoms with Crippen LogP contribution in [0.15, 0.2) is 18.2 Å². The molecule has 1 amide bonds. The van der Waals surface area contributed by atoms with E-state index in [4.69, 9.17) is 9.47 Å². The second-order valence-electron chi connectivity index (χ2n) is 5.25. The highest BCUT2D eigenvalue weighted by atomic mass is 16.5. The Morgan fingerprint density at radius 3 is 3.05 bits per heavy atom. The lowest BCUT2D eigenvalue weighted by molar-refractivity contribution is -0.120. The third kappa shape index (κ3) is 2.02. The zero-order chi connectivity index (χ0) is 14.1. The van der Waals surface area contributed by atoms with E-state index in [1.165, 1.54) is 0 Å². The van der Waals surface area contributed by atoms with Crippen LogP contribution in [0.3, 0.4) is 0 Å². The Hall–Kier alpha value is -1.75. The highest BCUT2D eigenvalue weighted by molar-refractivity contribution is 6.00. The Balaban J connectivity index is 2.10. The Bertz CT molecular complexity index is 518. The first-order valence-corrected chi connectivity index (χ1v) is 7.08. The number of hydrogen-bond donors (Lipinski definition) is 1. The lowest BCUT2D eigenvalue weighted by atomic mass is 10.0. The SMILES string of the molecule is CCCN1c2cccc(OC)c2NC(=O)C2COCC21. The van der Waals surface area contributed by atoms with E-state index in [9.17, 15) is 4.79 Å². The number of anilines is 2. The van der Waals surface area contributed by atoms with E-state index < -0.39 is 0 Å². The Labute approximate surface area is 118 Å². The third-order valence-electron chi connectivity index (χ3n) is 4.03. The molecular formula is C15H20N2O3. The first-order valence-electron chi connectivity index (χ1n) is 7.08. The molecule has 5 nitrogen and oxygen atoms in total. The number of rotatable bonds is 3. The van der Waals surface area contributed by atoms with Crippen LogP contribution in [0.5, 0.6) is 5.75 Å². The van der Waals surface area contributed by atoms with Gasteiger partial charge in [-0.25, -0.2) is 0 Å². The van der Waals surface area contributed by atoms with Crippen LogP contribution in [0.2, 0.25) is 0 Å². The molecule has 0 saturated carbocycles. The zero-order valence-corrected chi connectivity index (χ0v) is 11.9. The molecule has 0 radical (unpaired) electrons. The summed E-state index contributed by atoms with van der Waals surface area (Å²) in [5.41, 5.74) is 1.81. The molecule has 2 atom stereocenters. The number of hydrogen-bond acceptors (Lipinski definition) is 4. The smallest absolute Gasteiger partial charge is 0.232 e. The normalized spacial score (nSPS) is 24.7. The summed E-state index contributed by atoms with van der Waals surface area (Å²) in [6.45, 7) is 4.15. The largest absolute Gasteiger partial charge is 0.494 e. The molecular weight excluding hydrogens is 256 g/mol. The molecule has 1 saturated heterocycles. The van der Waals surface area contributed by atoms with E-state index in [2.05, 4.69) is 17.1 Å². The monoisotopic (exact) mass is 276 g/mol. The molecule has 3 rings (SSSR count). The van der Waals surface area contributed by atoms with Gasteiger partial charge >= 0.3 is 0 Å². The average Bonchev–Trinajstić information content (AvgIpc) is 2.90. The van der Waals surface area contributed by atoms with Crippen LogP contribution >= 0.6 is 0 Å². The first-order chi connectivity index (χ1) is 9.76. The molecule has 0 aromatic heterocycles. The number of nitrogens with one attached hydrogen (secondary N) is 1. The van der Waals surface area contributed by atoms with Gasteiger partial charge in [0.05, 0.1) is 38.0 Å². The van der Waals surface area contributed by atoms with Crippen LogP contribution in [0.25, 0.3) is 0 Å². The number of carbonyl (C=O) groups excluding carboxylic acids is 1. The topological polar surface area (TPSA) is 50.8 Å². The van der Waals surface area contributed by atoms with Gasteiger partial charge in [0.15, 0.2) is 0 Å². The fraction of sp³-hybridized carbons (Fsp3) is 0.533. The molecule has 0 aliphatic carbocycles.